The highest BCUT2D eigenvalue weighted by Crippen LogP contribution is 2.18. The van der Waals surface area contributed by atoms with Gasteiger partial charge < -0.3 is 14.2 Å². The number of ether oxygens (including phenoxy) is 3. The lowest BCUT2D eigenvalue weighted by atomic mass is 10.2. The van der Waals surface area contributed by atoms with E-state index in [0.29, 0.717) is 16.7 Å². The Bertz CT molecular complexity index is 1030. The Kier molecular flexibility index (Phi) is 6.99. The molecule has 1 heterocycles. The Balaban J connectivity index is 1.48. The molecule has 0 unspecified atom stereocenters. The number of hydrogen-bond acceptors (Lipinski definition) is 6. The fraction of sp³-hybridized carbons (Fsp3) is 0.125. The van der Waals surface area contributed by atoms with Gasteiger partial charge in [-0.05, 0) is 53.1 Å². The topological polar surface area (TPSA) is 66.4 Å². The first-order valence-corrected chi connectivity index (χ1v) is 9.91. The lowest BCUT2D eigenvalue weighted by Gasteiger charge is -2.10. The molecule has 0 aliphatic carbocycles. The zero-order valence-electron chi connectivity index (χ0n) is 17.2. The molecule has 0 amide bonds. The summed E-state index contributed by atoms with van der Waals surface area (Å²) < 4.78 is 56.1. The summed E-state index contributed by atoms with van der Waals surface area (Å²) in [4.78, 5) is 12.4. The van der Waals surface area contributed by atoms with E-state index in [1.54, 1.807) is 36.4 Å². The van der Waals surface area contributed by atoms with E-state index in [4.69, 9.17) is 14.2 Å². The summed E-state index contributed by atoms with van der Waals surface area (Å²) in [5, 5.41) is 0. The molecule has 6 nitrogen and oxygen atoms in total. The Labute approximate surface area is 187 Å². The Morgan fingerprint density at radius 2 is 0.667 bits per heavy atom. The van der Waals surface area contributed by atoms with E-state index in [9.17, 15) is 13.2 Å². The Morgan fingerprint density at radius 1 is 0.424 bits per heavy atom. The number of nitrogens with zero attached hydrogens (tertiary/aromatic N) is 3. The molecule has 0 N–H and O–H groups in total. The van der Waals surface area contributed by atoms with Gasteiger partial charge in [-0.15, -0.1) is 15.0 Å². The first-order chi connectivity index (χ1) is 16.0. The van der Waals surface area contributed by atoms with E-state index < -0.39 is 0 Å². The average Bonchev–Trinajstić information content (AvgIpc) is 2.83. The molecular weight excluding hydrogens is 435 g/mol. The molecule has 168 valence electrons. The molecule has 0 fully saturated rings. The molecule has 0 aliphatic rings. The molecular formula is C24H18F3N3O3. The molecule has 0 saturated heterocycles. The maximum absolute atomic E-state index is 13.1. The van der Waals surface area contributed by atoms with Crippen molar-refractivity contribution in [1.82, 2.24) is 15.0 Å². The number of hydrogen-bond donors (Lipinski definition) is 0. The largest absolute Gasteiger partial charge is 0.458 e. The van der Waals surface area contributed by atoms with Crippen molar-refractivity contribution in [3.8, 4) is 18.0 Å². The van der Waals surface area contributed by atoms with Crippen LogP contribution in [0.25, 0.3) is 0 Å². The van der Waals surface area contributed by atoms with Crippen LogP contribution in [0.15, 0.2) is 72.8 Å². The van der Waals surface area contributed by atoms with Gasteiger partial charge >= 0.3 is 18.0 Å². The van der Waals surface area contributed by atoms with Crippen molar-refractivity contribution in [3.05, 3.63) is 107 Å². The second-order valence-electron chi connectivity index (χ2n) is 6.93. The zero-order valence-corrected chi connectivity index (χ0v) is 17.2. The van der Waals surface area contributed by atoms with E-state index in [1.807, 2.05) is 0 Å². The van der Waals surface area contributed by atoms with Gasteiger partial charge in [0.15, 0.2) is 0 Å². The smallest absolute Gasteiger partial charge is 0.326 e. The van der Waals surface area contributed by atoms with Crippen LogP contribution in [0.4, 0.5) is 13.2 Å². The molecule has 0 saturated carbocycles. The predicted octanol–water partition coefficient (Wildman–Crippen LogP) is 5.03. The second kappa shape index (κ2) is 10.4. The van der Waals surface area contributed by atoms with Gasteiger partial charge in [-0.3, -0.25) is 0 Å². The SMILES string of the molecule is Fc1ccc(COc2nc(OCc3ccc(F)cc3)nc(OCc3ccc(F)cc3)n2)cc1. The first kappa shape index (κ1) is 22.1. The third-order valence-electron chi connectivity index (χ3n) is 4.42. The molecule has 0 radical (unpaired) electrons. The molecule has 3 aromatic carbocycles. The first-order valence-electron chi connectivity index (χ1n) is 9.91. The summed E-state index contributed by atoms with van der Waals surface area (Å²) in [6, 6.07) is 17.2. The quantitative estimate of drug-likeness (QED) is 0.354. The van der Waals surface area contributed by atoms with Crippen molar-refractivity contribution in [3.63, 3.8) is 0 Å². The van der Waals surface area contributed by atoms with Crippen LogP contribution < -0.4 is 14.2 Å². The van der Waals surface area contributed by atoms with Gasteiger partial charge in [0.1, 0.15) is 37.3 Å². The summed E-state index contributed by atoms with van der Waals surface area (Å²) in [5.41, 5.74) is 2.12. The molecule has 1 aromatic heterocycles. The third kappa shape index (κ3) is 6.67. The van der Waals surface area contributed by atoms with Crippen molar-refractivity contribution in [1.29, 1.82) is 0 Å². The van der Waals surface area contributed by atoms with Crippen LogP contribution >= 0.6 is 0 Å². The normalized spacial score (nSPS) is 10.6. The fourth-order valence-corrected chi connectivity index (χ4v) is 2.70. The summed E-state index contributed by atoms with van der Waals surface area (Å²) in [6.07, 6.45) is 0. The van der Waals surface area contributed by atoms with Gasteiger partial charge in [0.25, 0.3) is 0 Å². The average molecular weight is 453 g/mol. The van der Waals surface area contributed by atoms with Crippen LogP contribution in [0.1, 0.15) is 16.7 Å². The van der Waals surface area contributed by atoms with E-state index in [1.165, 1.54) is 36.4 Å². The van der Waals surface area contributed by atoms with Crippen LogP contribution in [0.5, 0.6) is 18.0 Å². The highest BCUT2D eigenvalue weighted by Gasteiger charge is 2.12. The van der Waals surface area contributed by atoms with Gasteiger partial charge in [-0.1, -0.05) is 36.4 Å². The van der Waals surface area contributed by atoms with Crippen LogP contribution in [0.3, 0.4) is 0 Å². The molecule has 0 aliphatic heterocycles. The molecule has 9 heteroatoms. The number of aromatic nitrogens is 3. The van der Waals surface area contributed by atoms with E-state index in [0.717, 1.165) is 0 Å². The molecule has 4 aromatic rings. The minimum atomic E-state index is -0.355. The summed E-state index contributed by atoms with van der Waals surface area (Å²) in [6.45, 7) is 0.247. The number of rotatable bonds is 9. The van der Waals surface area contributed by atoms with Crippen molar-refractivity contribution in [2.24, 2.45) is 0 Å². The zero-order chi connectivity index (χ0) is 23.0. The van der Waals surface area contributed by atoms with Crippen molar-refractivity contribution >= 4 is 0 Å². The van der Waals surface area contributed by atoms with Crippen LogP contribution in [-0.2, 0) is 19.8 Å². The van der Waals surface area contributed by atoms with Crippen LogP contribution in [0, 0.1) is 17.5 Å². The highest BCUT2D eigenvalue weighted by molar-refractivity contribution is 5.19. The minimum absolute atomic E-state index is 0.0578. The van der Waals surface area contributed by atoms with Gasteiger partial charge in [-0.25, -0.2) is 13.2 Å². The Hall–Kier alpha value is -4.14. The third-order valence-corrected chi connectivity index (χ3v) is 4.42. The van der Waals surface area contributed by atoms with Crippen molar-refractivity contribution in [2.75, 3.05) is 0 Å². The van der Waals surface area contributed by atoms with Gasteiger partial charge in [0.05, 0.1) is 0 Å². The fourth-order valence-electron chi connectivity index (χ4n) is 2.70. The molecule has 4 rings (SSSR count). The molecule has 0 bridgehead atoms. The highest BCUT2D eigenvalue weighted by atomic mass is 19.1. The second-order valence-corrected chi connectivity index (χ2v) is 6.93. The van der Waals surface area contributed by atoms with E-state index in [2.05, 4.69) is 15.0 Å². The standard InChI is InChI=1S/C24H18F3N3O3/c25-19-7-1-16(2-8-19)13-31-22-28-23(32-14-17-3-9-20(26)10-4-17)30-24(29-22)33-15-18-5-11-21(27)12-6-18/h1-12H,13-15H2. The lowest BCUT2D eigenvalue weighted by molar-refractivity contribution is 0.223. The van der Waals surface area contributed by atoms with Gasteiger partial charge in [-0.2, -0.15) is 0 Å². The number of halogens is 3. The van der Waals surface area contributed by atoms with Crippen molar-refractivity contribution in [2.45, 2.75) is 19.8 Å². The van der Waals surface area contributed by atoms with Gasteiger partial charge in [0.2, 0.25) is 0 Å². The number of benzene rings is 3. The van der Waals surface area contributed by atoms with Crippen molar-refractivity contribution < 1.29 is 27.4 Å². The summed E-state index contributed by atoms with van der Waals surface area (Å²) >= 11 is 0. The van der Waals surface area contributed by atoms with Crippen LogP contribution in [0.2, 0.25) is 0 Å². The maximum atomic E-state index is 13.1. The molecule has 33 heavy (non-hydrogen) atoms. The Morgan fingerprint density at radius 3 is 0.909 bits per heavy atom. The lowest BCUT2D eigenvalue weighted by Crippen LogP contribution is -2.08. The minimum Gasteiger partial charge on any atom is -0.458 e. The monoisotopic (exact) mass is 453 g/mol. The van der Waals surface area contributed by atoms with Gasteiger partial charge in [0, 0.05) is 0 Å². The van der Waals surface area contributed by atoms with E-state index >= 15 is 0 Å². The van der Waals surface area contributed by atoms with E-state index in [-0.39, 0.29) is 55.3 Å². The maximum Gasteiger partial charge on any atom is 0.326 e. The summed E-state index contributed by atoms with van der Waals surface area (Å²) in [5.74, 6) is -1.06. The predicted molar refractivity (Wildman–Crippen MR) is 112 cm³/mol. The molecule has 0 atom stereocenters. The summed E-state index contributed by atoms with van der Waals surface area (Å²) in [7, 11) is 0. The molecule has 0 spiro atoms. The van der Waals surface area contributed by atoms with Crippen LogP contribution in [-0.4, -0.2) is 15.0 Å².